The highest BCUT2D eigenvalue weighted by Gasteiger charge is 2.43. The van der Waals surface area contributed by atoms with E-state index in [0.29, 0.717) is 25.3 Å². The summed E-state index contributed by atoms with van der Waals surface area (Å²) in [5.41, 5.74) is 0.527. The first-order chi connectivity index (χ1) is 10.3. The molecule has 1 aromatic rings. The summed E-state index contributed by atoms with van der Waals surface area (Å²) >= 11 is 0. The lowest BCUT2D eigenvalue weighted by Crippen LogP contribution is -2.47. The number of likely N-dealkylation sites (tertiary alicyclic amines) is 1. The third-order valence-corrected chi connectivity index (χ3v) is 4.33. The number of rotatable bonds is 1. The van der Waals surface area contributed by atoms with Gasteiger partial charge in [-0.15, -0.1) is 0 Å². The van der Waals surface area contributed by atoms with Crippen LogP contribution in [0.15, 0.2) is 12.4 Å². The maximum absolute atomic E-state index is 12.6. The second-order valence-corrected chi connectivity index (χ2v) is 7.29. The van der Waals surface area contributed by atoms with E-state index in [0.717, 1.165) is 12.8 Å². The Bertz CT molecular complexity index is 553. The molecule has 0 N–H and O–H groups in total. The zero-order chi connectivity index (χ0) is 16.0. The highest BCUT2D eigenvalue weighted by molar-refractivity contribution is 5.93. The van der Waals surface area contributed by atoms with Crippen molar-refractivity contribution in [3.63, 3.8) is 0 Å². The molecule has 0 radical (unpaired) electrons. The van der Waals surface area contributed by atoms with Gasteiger partial charge in [0, 0.05) is 32.1 Å². The van der Waals surface area contributed by atoms with Gasteiger partial charge in [-0.25, -0.2) is 0 Å². The van der Waals surface area contributed by atoms with E-state index >= 15 is 0 Å². The third kappa shape index (κ3) is 2.90. The van der Waals surface area contributed by atoms with Gasteiger partial charge in [-0.2, -0.15) is 5.10 Å². The fourth-order valence-corrected chi connectivity index (χ4v) is 3.00. The predicted octanol–water partition coefficient (Wildman–Crippen LogP) is 2.01. The van der Waals surface area contributed by atoms with Gasteiger partial charge in [0.25, 0.3) is 5.91 Å². The quantitative estimate of drug-likeness (QED) is 0.796. The van der Waals surface area contributed by atoms with Crippen molar-refractivity contribution in [3.8, 4) is 0 Å². The molecule has 2 aliphatic heterocycles. The van der Waals surface area contributed by atoms with Crippen LogP contribution in [-0.2, 0) is 15.0 Å². The molecular formula is C16H25N3O3. The molecule has 122 valence electrons. The maximum atomic E-state index is 12.6. The van der Waals surface area contributed by atoms with Crippen molar-refractivity contribution in [2.24, 2.45) is 0 Å². The van der Waals surface area contributed by atoms with Crippen molar-refractivity contribution in [3.05, 3.63) is 18.0 Å². The Balaban J connectivity index is 1.64. The monoisotopic (exact) mass is 307 g/mol. The molecule has 3 rings (SSSR count). The minimum Gasteiger partial charge on any atom is -0.347 e. The lowest BCUT2D eigenvalue weighted by Gasteiger charge is -2.37. The van der Waals surface area contributed by atoms with E-state index in [-0.39, 0.29) is 17.6 Å². The summed E-state index contributed by atoms with van der Waals surface area (Å²) in [6, 6.07) is 0. The standard InChI is InChI=1S/C16H25N3O3/c1-12-11-21-16(22-12)5-7-18(8-6-16)14(20)13-9-17-19(10-13)15(2,3)4/h9-10,12H,5-8,11H2,1-4H3/t12-/m1/s1. The lowest BCUT2D eigenvalue weighted by atomic mass is 10.0. The van der Waals surface area contributed by atoms with Crippen LogP contribution in [0.3, 0.4) is 0 Å². The molecule has 1 amide bonds. The summed E-state index contributed by atoms with van der Waals surface area (Å²) in [7, 11) is 0. The number of nitrogens with zero attached hydrogens (tertiary/aromatic N) is 3. The topological polar surface area (TPSA) is 56.6 Å². The molecule has 1 atom stereocenters. The van der Waals surface area contributed by atoms with Crippen LogP contribution in [0.5, 0.6) is 0 Å². The van der Waals surface area contributed by atoms with Crippen LogP contribution in [0, 0.1) is 0 Å². The third-order valence-electron chi connectivity index (χ3n) is 4.33. The first kappa shape index (κ1) is 15.5. The van der Waals surface area contributed by atoms with Crippen LogP contribution in [-0.4, -0.2) is 52.2 Å². The Labute approximate surface area is 131 Å². The predicted molar refractivity (Wildman–Crippen MR) is 81.6 cm³/mol. The van der Waals surface area contributed by atoms with E-state index in [4.69, 9.17) is 9.47 Å². The molecule has 1 spiro atoms. The van der Waals surface area contributed by atoms with Crippen molar-refractivity contribution in [2.45, 2.75) is 58.0 Å². The molecule has 0 aliphatic carbocycles. The van der Waals surface area contributed by atoms with Gasteiger partial charge in [-0.1, -0.05) is 0 Å². The number of ether oxygens (including phenoxy) is 2. The fraction of sp³-hybridized carbons (Fsp3) is 0.750. The molecule has 1 aromatic heterocycles. The van der Waals surface area contributed by atoms with Gasteiger partial charge >= 0.3 is 0 Å². The van der Waals surface area contributed by atoms with Crippen LogP contribution in [0.1, 0.15) is 50.9 Å². The van der Waals surface area contributed by atoms with Crippen molar-refractivity contribution in [1.29, 1.82) is 0 Å². The van der Waals surface area contributed by atoms with Crippen molar-refractivity contribution in [2.75, 3.05) is 19.7 Å². The normalized spacial score (nSPS) is 24.9. The van der Waals surface area contributed by atoms with Gasteiger partial charge in [-0.3, -0.25) is 9.48 Å². The average molecular weight is 307 g/mol. The summed E-state index contributed by atoms with van der Waals surface area (Å²) in [4.78, 5) is 14.5. The lowest BCUT2D eigenvalue weighted by molar-refractivity contribution is -0.189. The second-order valence-electron chi connectivity index (χ2n) is 7.29. The Hall–Kier alpha value is -1.40. The Morgan fingerprint density at radius 1 is 1.36 bits per heavy atom. The molecule has 2 fully saturated rings. The summed E-state index contributed by atoms with van der Waals surface area (Å²) in [5, 5.41) is 4.30. The molecular weight excluding hydrogens is 282 g/mol. The van der Waals surface area contributed by atoms with Crippen LogP contribution in [0.2, 0.25) is 0 Å². The van der Waals surface area contributed by atoms with Crippen molar-refractivity contribution < 1.29 is 14.3 Å². The number of piperidine rings is 1. The minimum atomic E-state index is -0.466. The zero-order valence-electron chi connectivity index (χ0n) is 13.8. The number of hydrogen-bond donors (Lipinski definition) is 0. The van der Waals surface area contributed by atoms with Gasteiger partial charge in [0.1, 0.15) is 0 Å². The summed E-state index contributed by atoms with van der Waals surface area (Å²) in [6.07, 6.45) is 5.10. The highest BCUT2D eigenvalue weighted by Crippen LogP contribution is 2.34. The summed E-state index contributed by atoms with van der Waals surface area (Å²) < 4.78 is 13.5. The Kier molecular flexibility index (Phi) is 3.77. The van der Waals surface area contributed by atoms with E-state index < -0.39 is 5.79 Å². The van der Waals surface area contributed by atoms with Gasteiger partial charge in [0.15, 0.2) is 5.79 Å². The molecule has 0 bridgehead atoms. The van der Waals surface area contributed by atoms with Crippen molar-refractivity contribution >= 4 is 5.91 Å². The largest absolute Gasteiger partial charge is 0.347 e. The summed E-state index contributed by atoms with van der Waals surface area (Å²) in [5.74, 6) is -0.428. The molecule has 0 aromatic carbocycles. The van der Waals surface area contributed by atoms with E-state index in [1.54, 1.807) is 6.20 Å². The molecule has 0 unspecified atom stereocenters. The first-order valence-electron chi connectivity index (χ1n) is 7.95. The number of aromatic nitrogens is 2. The smallest absolute Gasteiger partial charge is 0.257 e. The SMILES string of the molecule is C[C@@H]1COC2(CCN(C(=O)c3cnn(C(C)(C)C)c3)CC2)O1. The minimum absolute atomic E-state index is 0.0383. The van der Waals surface area contributed by atoms with Crippen LogP contribution < -0.4 is 0 Å². The number of amides is 1. The van der Waals surface area contributed by atoms with Gasteiger partial charge in [0.2, 0.25) is 0 Å². The van der Waals surface area contributed by atoms with E-state index in [2.05, 4.69) is 25.9 Å². The Morgan fingerprint density at radius 2 is 2.05 bits per heavy atom. The molecule has 2 saturated heterocycles. The molecule has 0 saturated carbocycles. The number of carbonyl (C=O) groups excluding carboxylic acids is 1. The Morgan fingerprint density at radius 3 is 2.55 bits per heavy atom. The molecule has 2 aliphatic rings. The van der Waals surface area contributed by atoms with Gasteiger partial charge < -0.3 is 14.4 Å². The van der Waals surface area contributed by atoms with E-state index in [1.807, 2.05) is 22.7 Å². The maximum Gasteiger partial charge on any atom is 0.257 e. The fourth-order valence-electron chi connectivity index (χ4n) is 3.00. The molecule has 22 heavy (non-hydrogen) atoms. The number of carbonyl (C=O) groups is 1. The first-order valence-corrected chi connectivity index (χ1v) is 7.95. The van der Waals surface area contributed by atoms with Gasteiger partial charge in [-0.05, 0) is 27.7 Å². The van der Waals surface area contributed by atoms with Crippen LogP contribution in [0.4, 0.5) is 0 Å². The van der Waals surface area contributed by atoms with Crippen molar-refractivity contribution in [1.82, 2.24) is 14.7 Å². The van der Waals surface area contributed by atoms with E-state index in [1.165, 1.54) is 0 Å². The average Bonchev–Trinajstić information content (AvgIpc) is 3.06. The molecule has 6 nitrogen and oxygen atoms in total. The molecule has 6 heteroatoms. The zero-order valence-corrected chi connectivity index (χ0v) is 13.8. The van der Waals surface area contributed by atoms with Crippen LogP contribution >= 0.6 is 0 Å². The summed E-state index contributed by atoms with van der Waals surface area (Å²) in [6.45, 7) is 10.2. The number of hydrogen-bond acceptors (Lipinski definition) is 4. The molecule has 3 heterocycles. The van der Waals surface area contributed by atoms with E-state index in [9.17, 15) is 4.79 Å². The second kappa shape index (κ2) is 5.35. The van der Waals surface area contributed by atoms with Crippen LogP contribution in [0.25, 0.3) is 0 Å². The highest BCUT2D eigenvalue weighted by atomic mass is 16.7. The van der Waals surface area contributed by atoms with Gasteiger partial charge in [0.05, 0.1) is 30.0 Å².